The predicted molar refractivity (Wildman–Crippen MR) is 114 cm³/mol. The van der Waals surface area contributed by atoms with Gasteiger partial charge in [-0.2, -0.15) is 0 Å². The first-order valence-corrected chi connectivity index (χ1v) is 12.3. The standard InChI is InChI=1S/C25H41NO3/c1-24-14-4-3-6-17(24)9-11-19-20-12-10-18(25(20,2)15-13-21(19)24)7-5-8-22(27)26-16-23(28)29/h17-21H,3-16H2,1-2H3,(H,26,27)(H,28,29)/t17-,18-,19-,20?,21?,24-,25+/m0/s1. The highest BCUT2D eigenvalue weighted by molar-refractivity contribution is 5.80. The predicted octanol–water partition coefficient (Wildman–Crippen LogP) is 5.41. The van der Waals surface area contributed by atoms with E-state index in [1.165, 1.54) is 64.2 Å². The molecule has 0 heterocycles. The van der Waals surface area contributed by atoms with Gasteiger partial charge in [-0.25, -0.2) is 0 Å². The molecule has 164 valence electrons. The van der Waals surface area contributed by atoms with Gasteiger partial charge in [0.2, 0.25) is 5.91 Å². The molecule has 4 rings (SSSR count). The van der Waals surface area contributed by atoms with Gasteiger partial charge in [0.25, 0.3) is 0 Å². The third-order valence-electron chi connectivity index (χ3n) is 10.2. The Hall–Kier alpha value is -1.06. The minimum Gasteiger partial charge on any atom is -0.480 e. The van der Waals surface area contributed by atoms with E-state index in [1.54, 1.807) is 0 Å². The summed E-state index contributed by atoms with van der Waals surface area (Å²) in [5.41, 5.74) is 1.08. The molecule has 4 saturated carbocycles. The van der Waals surface area contributed by atoms with Gasteiger partial charge >= 0.3 is 5.97 Å². The highest BCUT2D eigenvalue weighted by Gasteiger charge is 2.59. The Morgan fingerprint density at radius 3 is 2.52 bits per heavy atom. The minimum absolute atomic E-state index is 0.112. The zero-order valence-electron chi connectivity index (χ0n) is 18.5. The second-order valence-corrected chi connectivity index (χ2v) is 11.3. The number of carboxylic acid groups (broad SMARTS) is 1. The van der Waals surface area contributed by atoms with Crippen LogP contribution in [0.1, 0.15) is 97.3 Å². The van der Waals surface area contributed by atoms with Crippen LogP contribution in [0.3, 0.4) is 0 Å². The number of fused-ring (bicyclic) bond motifs is 5. The van der Waals surface area contributed by atoms with Crippen molar-refractivity contribution in [2.75, 3.05) is 6.54 Å². The maximum Gasteiger partial charge on any atom is 0.322 e. The first-order chi connectivity index (χ1) is 13.8. The number of carbonyl (C=O) groups is 2. The van der Waals surface area contributed by atoms with Crippen molar-refractivity contribution >= 4 is 11.9 Å². The number of hydrogen-bond acceptors (Lipinski definition) is 2. The SMILES string of the molecule is C[C@]12CCC3[C@@H](CC[C@@H]4CCCC[C@]34C)C1CC[C@@H]2CCCC(=O)NCC(=O)O. The zero-order valence-corrected chi connectivity index (χ0v) is 18.5. The average Bonchev–Trinajstić information content (AvgIpc) is 3.02. The van der Waals surface area contributed by atoms with Crippen LogP contribution in [0.4, 0.5) is 0 Å². The van der Waals surface area contributed by atoms with Gasteiger partial charge in [0.15, 0.2) is 0 Å². The lowest BCUT2D eigenvalue weighted by Gasteiger charge is -2.60. The first kappa shape index (κ1) is 21.2. The molecule has 1 amide bonds. The Labute approximate surface area is 176 Å². The van der Waals surface area contributed by atoms with Gasteiger partial charge in [0.05, 0.1) is 0 Å². The van der Waals surface area contributed by atoms with Crippen LogP contribution in [0.25, 0.3) is 0 Å². The summed E-state index contributed by atoms with van der Waals surface area (Å²) in [5.74, 6) is 3.45. The molecular formula is C25H41NO3. The molecular weight excluding hydrogens is 362 g/mol. The molecule has 0 aliphatic heterocycles. The molecule has 0 aromatic carbocycles. The van der Waals surface area contributed by atoms with Gasteiger partial charge < -0.3 is 10.4 Å². The van der Waals surface area contributed by atoms with E-state index in [1.807, 2.05) is 0 Å². The molecule has 29 heavy (non-hydrogen) atoms. The molecule has 0 spiro atoms. The summed E-state index contributed by atoms with van der Waals surface area (Å²) in [5, 5.41) is 11.2. The van der Waals surface area contributed by atoms with Crippen LogP contribution < -0.4 is 5.32 Å². The summed E-state index contributed by atoms with van der Waals surface area (Å²) in [6.07, 6.45) is 16.8. The maximum atomic E-state index is 11.9. The Bertz CT molecular complexity index is 634. The third-order valence-corrected chi connectivity index (χ3v) is 10.2. The minimum atomic E-state index is -0.970. The van der Waals surface area contributed by atoms with Gasteiger partial charge in [0, 0.05) is 6.42 Å². The fourth-order valence-electron chi connectivity index (χ4n) is 8.65. The molecule has 0 aromatic rings. The van der Waals surface area contributed by atoms with Crippen molar-refractivity contribution in [3.8, 4) is 0 Å². The van der Waals surface area contributed by atoms with E-state index >= 15 is 0 Å². The number of amides is 1. The lowest BCUT2D eigenvalue weighted by molar-refractivity contribution is -0.138. The molecule has 4 fully saturated rings. The highest BCUT2D eigenvalue weighted by atomic mass is 16.4. The van der Waals surface area contributed by atoms with Crippen molar-refractivity contribution in [2.24, 2.45) is 40.4 Å². The number of nitrogens with one attached hydrogen (secondary N) is 1. The molecule has 4 aliphatic carbocycles. The number of aliphatic carboxylic acids is 1. The van der Waals surface area contributed by atoms with Crippen LogP contribution in [-0.2, 0) is 9.59 Å². The highest BCUT2D eigenvalue weighted by Crippen LogP contribution is 2.67. The topological polar surface area (TPSA) is 66.4 Å². The van der Waals surface area contributed by atoms with Crippen molar-refractivity contribution in [2.45, 2.75) is 97.3 Å². The first-order valence-electron chi connectivity index (χ1n) is 12.3. The molecule has 0 bridgehead atoms. The van der Waals surface area contributed by atoms with Gasteiger partial charge in [-0.15, -0.1) is 0 Å². The van der Waals surface area contributed by atoms with Crippen molar-refractivity contribution < 1.29 is 14.7 Å². The van der Waals surface area contributed by atoms with E-state index in [4.69, 9.17) is 5.11 Å². The summed E-state index contributed by atoms with van der Waals surface area (Å²) in [7, 11) is 0. The van der Waals surface area contributed by atoms with Crippen LogP contribution in [0.2, 0.25) is 0 Å². The number of hydrogen-bond donors (Lipinski definition) is 2. The molecule has 0 aromatic heterocycles. The van der Waals surface area contributed by atoms with Crippen LogP contribution in [0.15, 0.2) is 0 Å². The number of rotatable bonds is 6. The number of carbonyl (C=O) groups excluding carboxylic acids is 1. The molecule has 0 saturated heterocycles. The molecule has 7 atom stereocenters. The van der Waals surface area contributed by atoms with Crippen molar-refractivity contribution in [3.05, 3.63) is 0 Å². The normalized spacial score (nSPS) is 43.7. The molecule has 2 unspecified atom stereocenters. The smallest absolute Gasteiger partial charge is 0.322 e. The second kappa shape index (κ2) is 8.23. The van der Waals surface area contributed by atoms with Crippen molar-refractivity contribution in [1.82, 2.24) is 5.32 Å². The summed E-state index contributed by atoms with van der Waals surface area (Å²) in [6, 6.07) is 0. The second-order valence-electron chi connectivity index (χ2n) is 11.3. The summed E-state index contributed by atoms with van der Waals surface area (Å²) < 4.78 is 0. The Morgan fingerprint density at radius 1 is 0.931 bits per heavy atom. The van der Waals surface area contributed by atoms with E-state index in [0.29, 0.717) is 17.3 Å². The molecule has 4 nitrogen and oxygen atoms in total. The molecule has 4 heteroatoms. The fourth-order valence-corrected chi connectivity index (χ4v) is 8.65. The maximum absolute atomic E-state index is 11.9. The Morgan fingerprint density at radius 2 is 1.72 bits per heavy atom. The van der Waals surface area contributed by atoms with Crippen molar-refractivity contribution in [1.29, 1.82) is 0 Å². The van der Waals surface area contributed by atoms with E-state index in [-0.39, 0.29) is 12.5 Å². The van der Waals surface area contributed by atoms with E-state index in [9.17, 15) is 9.59 Å². The van der Waals surface area contributed by atoms with Gasteiger partial charge in [-0.3, -0.25) is 9.59 Å². The summed E-state index contributed by atoms with van der Waals surface area (Å²) >= 11 is 0. The van der Waals surface area contributed by atoms with E-state index in [2.05, 4.69) is 19.2 Å². The van der Waals surface area contributed by atoms with Crippen molar-refractivity contribution in [3.63, 3.8) is 0 Å². The largest absolute Gasteiger partial charge is 0.480 e. The fraction of sp³-hybridized carbons (Fsp3) is 0.920. The Kier molecular flexibility index (Phi) is 6.01. The summed E-state index contributed by atoms with van der Waals surface area (Å²) in [6.45, 7) is 4.97. The van der Waals surface area contributed by atoms with Gasteiger partial charge in [-0.1, -0.05) is 26.7 Å². The molecule has 2 N–H and O–H groups in total. The van der Waals surface area contributed by atoms with Crippen LogP contribution in [-0.4, -0.2) is 23.5 Å². The quantitative estimate of drug-likeness (QED) is 0.623. The number of carboxylic acids is 1. The van der Waals surface area contributed by atoms with Crippen LogP contribution in [0.5, 0.6) is 0 Å². The summed E-state index contributed by atoms with van der Waals surface area (Å²) in [4.78, 5) is 22.5. The van der Waals surface area contributed by atoms with Gasteiger partial charge in [-0.05, 0) is 105 Å². The third kappa shape index (κ3) is 3.85. The zero-order chi connectivity index (χ0) is 20.6. The van der Waals surface area contributed by atoms with Crippen LogP contribution >= 0.6 is 0 Å². The van der Waals surface area contributed by atoms with E-state index < -0.39 is 5.97 Å². The monoisotopic (exact) mass is 403 g/mol. The van der Waals surface area contributed by atoms with Crippen LogP contribution in [0, 0.1) is 40.4 Å². The van der Waals surface area contributed by atoms with E-state index in [0.717, 1.165) is 42.4 Å². The van der Waals surface area contributed by atoms with Gasteiger partial charge in [0.1, 0.15) is 6.54 Å². The lowest BCUT2D eigenvalue weighted by atomic mass is 9.45. The molecule has 0 radical (unpaired) electrons. The average molecular weight is 404 g/mol. The molecule has 4 aliphatic rings. The lowest BCUT2D eigenvalue weighted by Crippen LogP contribution is -2.52. The Balaban J connectivity index is 1.35.